The number of halogens is 1. The van der Waals surface area contributed by atoms with E-state index in [-0.39, 0.29) is 17.9 Å². The van der Waals surface area contributed by atoms with Gasteiger partial charge in [0.25, 0.3) is 0 Å². The Morgan fingerprint density at radius 2 is 2.18 bits per heavy atom. The van der Waals surface area contributed by atoms with E-state index in [4.69, 9.17) is 11.0 Å². The topological polar surface area (TPSA) is 49.8 Å². The Kier molecular flexibility index (Phi) is 2.45. The minimum atomic E-state index is -0.811. The second-order valence-corrected chi connectivity index (χ2v) is 3.36. The predicted molar refractivity (Wildman–Crippen MR) is 40.4 cm³/mol. The van der Waals surface area contributed by atoms with Gasteiger partial charge in [-0.1, -0.05) is 6.92 Å². The van der Waals surface area contributed by atoms with Crippen molar-refractivity contribution in [2.75, 3.05) is 0 Å². The summed E-state index contributed by atoms with van der Waals surface area (Å²) in [7, 11) is 0. The zero-order valence-corrected chi connectivity index (χ0v) is 6.63. The molecule has 2 N–H and O–H groups in total. The lowest BCUT2D eigenvalue weighted by Crippen LogP contribution is -2.40. The Morgan fingerprint density at radius 3 is 2.73 bits per heavy atom. The Hall–Kier alpha value is -0.620. The molecule has 0 aromatic heterocycles. The van der Waals surface area contributed by atoms with E-state index in [0.717, 1.165) is 0 Å². The van der Waals surface area contributed by atoms with E-state index in [2.05, 4.69) is 6.07 Å². The molecule has 3 heteroatoms. The van der Waals surface area contributed by atoms with Gasteiger partial charge in [0.1, 0.15) is 6.17 Å². The molecule has 1 aliphatic carbocycles. The van der Waals surface area contributed by atoms with Crippen molar-refractivity contribution in [2.24, 2.45) is 17.6 Å². The summed E-state index contributed by atoms with van der Waals surface area (Å²) in [5, 5.41) is 8.61. The minimum Gasteiger partial charge on any atom is -0.326 e. The molecule has 1 fully saturated rings. The molecule has 1 aliphatic rings. The lowest BCUT2D eigenvalue weighted by molar-refractivity contribution is 0.142. The van der Waals surface area contributed by atoms with Crippen LogP contribution in [0.2, 0.25) is 0 Å². The van der Waals surface area contributed by atoms with E-state index in [1.54, 1.807) is 0 Å². The van der Waals surface area contributed by atoms with Crippen LogP contribution in [0.5, 0.6) is 0 Å². The number of alkyl halides is 1. The summed E-state index contributed by atoms with van der Waals surface area (Å²) in [6, 6.07) is 1.85. The van der Waals surface area contributed by atoms with Crippen LogP contribution in [0.1, 0.15) is 19.8 Å². The first kappa shape index (κ1) is 8.48. The summed E-state index contributed by atoms with van der Waals surface area (Å²) >= 11 is 0. The molecular weight excluding hydrogens is 143 g/mol. The normalized spacial score (nSPS) is 44.9. The van der Waals surface area contributed by atoms with Crippen LogP contribution in [-0.2, 0) is 0 Å². The Morgan fingerprint density at radius 1 is 1.55 bits per heavy atom. The molecule has 0 amide bonds. The second kappa shape index (κ2) is 3.19. The molecule has 0 heterocycles. The van der Waals surface area contributed by atoms with Gasteiger partial charge in [-0.15, -0.1) is 0 Å². The molecule has 1 rings (SSSR count). The van der Waals surface area contributed by atoms with Crippen molar-refractivity contribution < 1.29 is 4.39 Å². The van der Waals surface area contributed by atoms with Crippen LogP contribution in [-0.4, -0.2) is 12.2 Å². The molecule has 0 aromatic rings. The molecule has 4 atom stereocenters. The molecule has 0 bridgehead atoms. The number of nitrogens with zero attached hydrogens (tertiary/aromatic N) is 1. The van der Waals surface area contributed by atoms with Gasteiger partial charge in [-0.2, -0.15) is 5.26 Å². The average Bonchev–Trinajstić information content (AvgIpc) is 1.97. The van der Waals surface area contributed by atoms with E-state index in [1.165, 1.54) is 0 Å². The van der Waals surface area contributed by atoms with Gasteiger partial charge in [0.2, 0.25) is 0 Å². The molecule has 0 radical (unpaired) electrons. The number of hydrogen-bond donors (Lipinski definition) is 1. The summed E-state index contributed by atoms with van der Waals surface area (Å²) in [4.78, 5) is 0. The third-order valence-corrected chi connectivity index (χ3v) is 2.42. The molecule has 4 unspecified atom stereocenters. The maximum absolute atomic E-state index is 12.9. The summed E-state index contributed by atoms with van der Waals surface area (Å²) in [5.74, 6) is -0.142. The van der Waals surface area contributed by atoms with Gasteiger partial charge in [-0.25, -0.2) is 4.39 Å². The molecule has 1 saturated carbocycles. The first-order valence-corrected chi connectivity index (χ1v) is 3.94. The van der Waals surface area contributed by atoms with Crippen LogP contribution in [0.3, 0.4) is 0 Å². The Balaban J connectivity index is 2.56. The van der Waals surface area contributed by atoms with Crippen molar-refractivity contribution in [2.45, 2.75) is 32.0 Å². The van der Waals surface area contributed by atoms with Crippen LogP contribution in [0, 0.1) is 23.2 Å². The molecule has 0 spiro atoms. The minimum absolute atomic E-state index is 0.000509. The van der Waals surface area contributed by atoms with Crippen LogP contribution < -0.4 is 5.73 Å². The highest BCUT2D eigenvalue weighted by atomic mass is 19.1. The van der Waals surface area contributed by atoms with Crippen LogP contribution in [0.15, 0.2) is 0 Å². The average molecular weight is 156 g/mol. The van der Waals surface area contributed by atoms with Crippen molar-refractivity contribution >= 4 is 0 Å². The van der Waals surface area contributed by atoms with Crippen molar-refractivity contribution in [1.82, 2.24) is 0 Å². The molecule has 0 saturated heterocycles. The van der Waals surface area contributed by atoms with E-state index < -0.39 is 6.17 Å². The van der Waals surface area contributed by atoms with Crippen LogP contribution in [0.25, 0.3) is 0 Å². The van der Waals surface area contributed by atoms with Gasteiger partial charge in [-0.05, 0) is 18.8 Å². The van der Waals surface area contributed by atoms with Gasteiger partial charge in [0.15, 0.2) is 0 Å². The zero-order chi connectivity index (χ0) is 8.43. The quantitative estimate of drug-likeness (QED) is 0.573. The first-order chi connectivity index (χ1) is 5.15. The smallest absolute Gasteiger partial charge is 0.104 e. The molecule has 0 aliphatic heterocycles. The summed E-state index contributed by atoms with van der Waals surface area (Å²) < 4.78 is 12.9. The number of hydrogen-bond acceptors (Lipinski definition) is 2. The summed E-state index contributed by atoms with van der Waals surface area (Å²) in [6.07, 6.45) is 0.146. The van der Waals surface area contributed by atoms with Gasteiger partial charge < -0.3 is 5.73 Å². The van der Waals surface area contributed by atoms with E-state index in [1.807, 2.05) is 6.92 Å². The second-order valence-electron chi connectivity index (χ2n) is 3.36. The number of rotatable bonds is 0. The lowest BCUT2D eigenvalue weighted by atomic mass is 9.79. The van der Waals surface area contributed by atoms with Crippen molar-refractivity contribution in [3.63, 3.8) is 0 Å². The highest BCUT2D eigenvalue weighted by Crippen LogP contribution is 2.29. The fraction of sp³-hybridized carbons (Fsp3) is 0.875. The van der Waals surface area contributed by atoms with E-state index in [0.29, 0.717) is 12.8 Å². The molecule has 11 heavy (non-hydrogen) atoms. The van der Waals surface area contributed by atoms with Crippen molar-refractivity contribution in [3.8, 4) is 6.07 Å². The summed E-state index contributed by atoms with van der Waals surface area (Å²) in [6.45, 7) is 1.83. The molecule has 2 nitrogen and oxygen atoms in total. The monoisotopic (exact) mass is 156 g/mol. The molecule has 0 aromatic carbocycles. The SMILES string of the molecule is CC1CC(C#N)C(N)CC1F. The third kappa shape index (κ3) is 1.69. The van der Waals surface area contributed by atoms with Gasteiger partial charge in [0, 0.05) is 6.04 Å². The van der Waals surface area contributed by atoms with Crippen LogP contribution >= 0.6 is 0 Å². The third-order valence-electron chi connectivity index (χ3n) is 2.42. The van der Waals surface area contributed by atoms with E-state index >= 15 is 0 Å². The molecule has 62 valence electrons. The fourth-order valence-electron chi connectivity index (χ4n) is 1.53. The maximum atomic E-state index is 12.9. The highest BCUT2D eigenvalue weighted by molar-refractivity contribution is 4.97. The Bertz CT molecular complexity index is 175. The van der Waals surface area contributed by atoms with Gasteiger partial charge in [0.05, 0.1) is 12.0 Å². The van der Waals surface area contributed by atoms with Crippen LogP contribution in [0.4, 0.5) is 4.39 Å². The fourth-order valence-corrected chi connectivity index (χ4v) is 1.53. The number of nitriles is 1. The van der Waals surface area contributed by atoms with Crippen molar-refractivity contribution in [1.29, 1.82) is 5.26 Å². The Labute approximate surface area is 66.2 Å². The zero-order valence-electron chi connectivity index (χ0n) is 6.63. The highest BCUT2D eigenvalue weighted by Gasteiger charge is 2.32. The summed E-state index contributed by atoms with van der Waals surface area (Å²) in [5.41, 5.74) is 5.58. The largest absolute Gasteiger partial charge is 0.326 e. The molecular formula is C8H13FN2. The predicted octanol–water partition coefficient (Wildman–Crippen LogP) is 1.22. The first-order valence-electron chi connectivity index (χ1n) is 3.94. The van der Waals surface area contributed by atoms with Gasteiger partial charge in [-0.3, -0.25) is 0 Å². The number of nitrogens with two attached hydrogens (primary N) is 1. The van der Waals surface area contributed by atoms with E-state index in [9.17, 15) is 4.39 Å². The van der Waals surface area contributed by atoms with Crippen molar-refractivity contribution in [3.05, 3.63) is 0 Å². The maximum Gasteiger partial charge on any atom is 0.104 e. The lowest BCUT2D eigenvalue weighted by Gasteiger charge is -2.30. The standard InChI is InChI=1S/C8H13FN2/c1-5-2-6(4-10)8(11)3-7(5)9/h5-8H,2-3,11H2,1H3. The van der Waals surface area contributed by atoms with Gasteiger partial charge >= 0.3 is 0 Å².